The van der Waals surface area contributed by atoms with Crippen molar-refractivity contribution in [3.63, 3.8) is 0 Å². The van der Waals surface area contributed by atoms with Crippen molar-refractivity contribution in [2.24, 2.45) is 0 Å². The minimum atomic E-state index is -1.94. The van der Waals surface area contributed by atoms with Crippen LogP contribution in [0.4, 0.5) is 0 Å². The van der Waals surface area contributed by atoms with Crippen LogP contribution in [0, 0.1) is 0 Å². The molecule has 9 nitrogen and oxygen atoms in total. The lowest BCUT2D eigenvalue weighted by atomic mass is 9.94. The summed E-state index contributed by atoms with van der Waals surface area (Å²) in [6.07, 6.45) is -12.2. The number of aliphatic hydroxyl groups excluding tert-OH is 8. The van der Waals surface area contributed by atoms with E-state index in [-0.39, 0.29) is 0 Å². The molecule has 0 aliphatic carbocycles. The molecule has 0 radical (unpaired) electrons. The van der Waals surface area contributed by atoms with Crippen molar-refractivity contribution in [2.75, 3.05) is 13.2 Å². The quantitative estimate of drug-likeness (QED) is 0.192. The Morgan fingerprint density at radius 2 is 1.11 bits per heavy atom. The summed E-state index contributed by atoms with van der Waals surface area (Å²) < 4.78 is 4.70. The van der Waals surface area contributed by atoms with Gasteiger partial charge in [0.1, 0.15) is 36.6 Å². The predicted molar refractivity (Wildman–Crippen MR) is 63.6 cm³/mol. The minimum Gasteiger partial charge on any atom is -0.436 e. The third kappa shape index (κ3) is 4.95. The highest BCUT2D eigenvalue weighted by Crippen LogP contribution is 2.15. The molecule has 8 N–H and O–H groups in total. The van der Waals surface area contributed by atoms with Crippen LogP contribution in [0.25, 0.3) is 0 Å². The number of hydrogen-bond acceptors (Lipinski definition) is 9. The van der Waals surface area contributed by atoms with Crippen LogP contribution >= 0.6 is 0 Å². The Labute approximate surface area is 110 Å². The SMILES string of the molecule is BOC(C(O)C(O)CO)C(O)C(O)C(O)C(O)CO. The van der Waals surface area contributed by atoms with Crippen LogP contribution in [0.15, 0.2) is 0 Å². The topological polar surface area (TPSA) is 171 Å². The summed E-state index contributed by atoms with van der Waals surface area (Å²) in [4.78, 5) is 0. The molecule has 10 heteroatoms. The molecule has 7 unspecified atom stereocenters. The second kappa shape index (κ2) is 8.79. The molecule has 0 saturated carbocycles. The third-order valence-corrected chi connectivity index (χ3v) is 2.81. The molecule has 0 spiro atoms. The number of aliphatic hydroxyl groups is 8. The van der Waals surface area contributed by atoms with Gasteiger partial charge in [0, 0.05) is 0 Å². The monoisotopic (exact) mass is 284 g/mol. The Hall–Kier alpha value is -0.295. The van der Waals surface area contributed by atoms with Crippen LogP contribution < -0.4 is 0 Å². The van der Waals surface area contributed by atoms with Crippen LogP contribution in [0.3, 0.4) is 0 Å². The van der Waals surface area contributed by atoms with Crippen LogP contribution in [0.1, 0.15) is 0 Å². The zero-order chi connectivity index (χ0) is 15.2. The van der Waals surface area contributed by atoms with Crippen molar-refractivity contribution >= 4 is 8.05 Å². The van der Waals surface area contributed by atoms with E-state index in [0.29, 0.717) is 0 Å². The van der Waals surface area contributed by atoms with Gasteiger partial charge in [0.15, 0.2) is 0 Å². The zero-order valence-corrected chi connectivity index (χ0v) is 10.4. The van der Waals surface area contributed by atoms with E-state index >= 15 is 0 Å². The molecule has 0 saturated heterocycles. The van der Waals surface area contributed by atoms with E-state index in [1.165, 1.54) is 0 Å². The molecule has 19 heavy (non-hydrogen) atoms. The summed E-state index contributed by atoms with van der Waals surface area (Å²) in [5, 5.41) is 73.9. The maximum absolute atomic E-state index is 9.73. The fourth-order valence-corrected chi connectivity index (χ4v) is 1.54. The van der Waals surface area contributed by atoms with Gasteiger partial charge in [-0.3, -0.25) is 0 Å². The first kappa shape index (κ1) is 18.7. The summed E-state index contributed by atoms with van der Waals surface area (Å²) in [5.74, 6) is 0. The molecule has 0 fully saturated rings. The lowest BCUT2D eigenvalue weighted by Gasteiger charge is -2.34. The molecule has 114 valence electrons. The van der Waals surface area contributed by atoms with E-state index in [0.717, 1.165) is 8.05 Å². The van der Waals surface area contributed by atoms with Crippen LogP contribution in [0.5, 0.6) is 0 Å². The largest absolute Gasteiger partial charge is 0.436 e. The normalized spacial score (nSPS) is 23.2. The van der Waals surface area contributed by atoms with Gasteiger partial charge in [-0.1, -0.05) is 0 Å². The molecule has 0 heterocycles. The summed E-state index contributed by atoms with van der Waals surface area (Å²) in [6.45, 7) is -1.64. The molecule has 7 atom stereocenters. The van der Waals surface area contributed by atoms with Gasteiger partial charge in [0.25, 0.3) is 8.05 Å². The molecule has 0 aromatic carbocycles. The predicted octanol–water partition coefficient (Wildman–Crippen LogP) is -5.93. The third-order valence-electron chi connectivity index (χ3n) is 2.81. The van der Waals surface area contributed by atoms with Gasteiger partial charge in [-0.15, -0.1) is 0 Å². The molecule has 0 aliphatic heterocycles. The molecular formula is C9H21BO9. The Morgan fingerprint density at radius 3 is 1.47 bits per heavy atom. The van der Waals surface area contributed by atoms with Crippen LogP contribution in [0.2, 0.25) is 0 Å². The van der Waals surface area contributed by atoms with E-state index in [9.17, 15) is 25.5 Å². The second-order valence-electron chi connectivity index (χ2n) is 4.16. The molecule has 0 bridgehead atoms. The Balaban J connectivity index is 4.78. The highest BCUT2D eigenvalue weighted by atomic mass is 16.5. The van der Waals surface area contributed by atoms with Gasteiger partial charge < -0.3 is 45.5 Å². The van der Waals surface area contributed by atoms with E-state index < -0.39 is 55.9 Å². The van der Waals surface area contributed by atoms with Gasteiger partial charge in [-0.2, -0.15) is 0 Å². The van der Waals surface area contributed by atoms with Gasteiger partial charge in [-0.05, 0) is 0 Å². The summed E-state index contributed by atoms with van der Waals surface area (Å²) in [5.41, 5.74) is 0. The van der Waals surface area contributed by atoms with Crippen molar-refractivity contribution in [1.29, 1.82) is 0 Å². The summed E-state index contributed by atoms with van der Waals surface area (Å²) in [7, 11) is 1.07. The van der Waals surface area contributed by atoms with Crippen molar-refractivity contribution in [3.8, 4) is 0 Å². The standard InChI is InChI=1S/C9H21BO9/c10-19-9(6(16)4(14)2-12)8(18)7(17)5(15)3(13)1-11/h3-9,11-18H,1-2,10H2. The maximum Gasteiger partial charge on any atom is 0.257 e. The number of hydrogen-bond donors (Lipinski definition) is 8. The van der Waals surface area contributed by atoms with E-state index in [4.69, 9.17) is 20.0 Å². The van der Waals surface area contributed by atoms with Crippen molar-refractivity contribution in [1.82, 2.24) is 0 Å². The first-order chi connectivity index (χ1) is 8.81. The van der Waals surface area contributed by atoms with E-state index in [1.54, 1.807) is 0 Å². The Kier molecular flexibility index (Phi) is 8.66. The van der Waals surface area contributed by atoms with Gasteiger partial charge in [0.05, 0.1) is 19.3 Å². The first-order valence-corrected chi connectivity index (χ1v) is 5.64. The van der Waals surface area contributed by atoms with E-state index in [2.05, 4.69) is 0 Å². The smallest absolute Gasteiger partial charge is 0.257 e. The maximum atomic E-state index is 9.73. The van der Waals surface area contributed by atoms with Crippen molar-refractivity contribution in [2.45, 2.75) is 42.7 Å². The van der Waals surface area contributed by atoms with Crippen molar-refractivity contribution in [3.05, 3.63) is 0 Å². The molecule has 0 aliphatic rings. The lowest BCUT2D eigenvalue weighted by molar-refractivity contribution is -0.165. The minimum absolute atomic E-state index is 0.800. The number of rotatable bonds is 9. The van der Waals surface area contributed by atoms with Crippen LogP contribution in [-0.2, 0) is 4.65 Å². The Bertz CT molecular complexity index is 244. The average molecular weight is 284 g/mol. The van der Waals surface area contributed by atoms with Gasteiger partial charge in [-0.25, -0.2) is 0 Å². The highest BCUT2D eigenvalue weighted by Gasteiger charge is 2.39. The highest BCUT2D eigenvalue weighted by molar-refractivity contribution is 5.98. The van der Waals surface area contributed by atoms with E-state index in [1.807, 2.05) is 0 Å². The molecule has 0 amide bonds. The fourth-order valence-electron chi connectivity index (χ4n) is 1.54. The van der Waals surface area contributed by atoms with Gasteiger partial charge in [0.2, 0.25) is 0 Å². The van der Waals surface area contributed by atoms with Crippen molar-refractivity contribution < 1.29 is 45.5 Å². The lowest BCUT2D eigenvalue weighted by Crippen LogP contribution is -2.56. The molecule has 0 rings (SSSR count). The Morgan fingerprint density at radius 1 is 0.684 bits per heavy atom. The summed E-state index contributed by atoms with van der Waals surface area (Å²) in [6, 6.07) is 0. The molecule has 0 aromatic rings. The van der Waals surface area contributed by atoms with Gasteiger partial charge >= 0.3 is 0 Å². The fraction of sp³-hybridized carbons (Fsp3) is 1.00. The second-order valence-corrected chi connectivity index (χ2v) is 4.16. The molecule has 0 aromatic heterocycles. The zero-order valence-electron chi connectivity index (χ0n) is 10.4. The average Bonchev–Trinajstić information content (AvgIpc) is 2.43. The molecular weight excluding hydrogens is 263 g/mol. The summed E-state index contributed by atoms with van der Waals surface area (Å²) >= 11 is 0. The first-order valence-electron chi connectivity index (χ1n) is 5.64. The van der Waals surface area contributed by atoms with Crippen LogP contribution in [-0.4, -0.2) is 105 Å².